The zero-order valence-corrected chi connectivity index (χ0v) is 21.5. The van der Waals surface area contributed by atoms with Gasteiger partial charge in [0.15, 0.2) is 5.78 Å². The van der Waals surface area contributed by atoms with Gasteiger partial charge in [-0.3, -0.25) is 4.79 Å². The van der Waals surface area contributed by atoms with Gasteiger partial charge in [-0.1, -0.05) is 95.8 Å². The summed E-state index contributed by atoms with van der Waals surface area (Å²) in [7, 11) is 0. The van der Waals surface area contributed by atoms with E-state index < -0.39 is 0 Å². The van der Waals surface area contributed by atoms with Crippen LogP contribution in [0.2, 0.25) is 0 Å². The third-order valence-corrected chi connectivity index (χ3v) is 6.69. The van der Waals surface area contributed by atoms with Crippen LogP contribution in [0.1, 0.15) is 99.9 Å². The third-order valence-electron chi connectivity index (χ3n) is 5.95. The molecule has 0 saturated carbocycles. The van der Waals surface area contributed by atoms with E-state index in [4.69, 9.17) is 4.74 Å². The standard InChI is InChI=1S/C30H42O2S/c1-3-4-5-6-7-8-9-10-11-12-13-14-25-32-28-20-18-27(19-21-28)30(31)24-17-26-15-22-29(33-2)23-16-26/h15-24H,3-14,25H2,1-2H3/b24-17+. The molecule has 0 aromatic heterocycles. The Morgan fingerprint density at radius 2 is 1.30 bits per heavy atom. The first kappa shape index (κ1) is 27.2. The number of ether oxygens (including phenoxy) is 1. The second kappa shape index (κ2) is 17.5. The molecule has 0 saturated heterocycles. The van der Waals surface area contributed by atoms with Crippen LogP contribution in [0.4, 0.5) is 0 Å². The van der Waals surface area contributed by atoms with Crippen LogP contribution >= 0.6 is 11.8 Å². The van der Waals surface area contributed by atoms with Gasteiger partial charge in [-0.05, 0) is 60.7 Å². The van der Waals surface area contributed by atoms with Crippen molar-refractivity contribution in [3.8, 4) is 5.75 Å². The van der Waals surface area contributed by atoms with E-state index in [1.807, 2.05) is 42.5 Å². The monoisotopic (exact) mass is 466 g/mol. The molecule has 0 atom stereocenters. The minimum absolute atomic E-state index is 0.0106. The second-order valence-electron chi connectivity index (χ2n) is 8.73. The van der Waals surface area contributed by atoms with Crippen molar-refractivity contribution < 1.29 is 9.53 Å². The maximum Gasteiger partial charge on any atom is 0.185 e. The predicted molar refractivity (Wildman–Crippen MR) is 145 cm³/mol. The van der Waals surface area contributed by atoms with Gasteiger partial charge >= 0.3 is 0 Å². The van der Waals surface area contributed by atoms with Crippen molar-refractivity contribution in [1.82, 2.24) is 0 Å². The molecule has 2 nitrogen and oxygen atoms in total. The number of carbonyl (C=O) groups is 1. The molecule has 0 aliphatic carbocycles. The van der Waals surface area contributed by atoms with E-state index in [-0.39, 0.29) is 5.78 Å². The van der Waals surface area contributed by atoms with Crippen LogP contribution in [0, 0.1) is 0 Å². The number of benzene rings is 2. The highest BCUT2D eigenvalue weighted by Crippen LogP contribution is 2.17. The fraction of sp³-hybridized carbons (Fsp3) is 0.500. The van der Waals surface area contributed by atoms with Crippen molar-refractivity contribution in [3.05, 3.63) is 65.7 Å². The third kappa shape index (κ3) is 12.1. The van der Waals surface area contributed by atoms with Crippen LogP contribution in [0.5, 0.6) is 5.75 Å². The average molecular weight is 467 g/mol. The zero-order valence-electron chi connectivity index (χ0n) is 20.7. The highest BCUT2D eigenvalue weighted by molar-refractivity contribution is 7.98. The van der Waals surface area contributed by atoms with Crippen LogP contribution in [0.3, 0.4) is 0 Å². The van der Waals surface area contributed by atoms with Crippen molar-refractivity contribution in [2.45, 2.75) is 88.9 Å². The lowest BCUT2D eigenvalue weighted by Crippen LogP contribution is -1.99. The van der Waals surface area contributed by atoms with E-state index in [1.165, 1.54) is 75.5 Å². The van der Waals surface area contributed by atoms with Crippen molar-refractivity contribution in [3.63, 3.8) is 0 Å². The molecule has 2 rings (SSSR count). The fourth-order valence-electron chi connectivity index (χ4n) is 3.83. The average Bonchev–Trinajstić information content (AvgIpc) is 2.86. The molecule has 180 valence electrons. The molecule has 2 aromatic rings. The number of rotatable bonds is 18. The first-order chi connectivity index (χ1) is 16.2. The Kier molecular flexibility index (Phi) is 14.4. The first-order valence-electron chi connectivity index (χ1n) is 12.8. The van der Waals surface area contributed by atoms with Gasteiger partial charge in [-0.15, -0.1) is 11.8 Å². The molecule has 0 aliphatic rings. The lowest BCUT2D eigenvalue weighted by atomic mass is 10.1. The van der Waals surface area contributed by atoms with E-state index in [0.717, 1.165) is 24.3 Å². The minimum Gasteiger partial charge on any atom is -0.494 e. The van der Waals surface area contributed by atoms with Gasteiger partial charge in [0.05, 0.1) is 6.61 Å². The minimum atomic E-state index is 0.0106. The molecule has 0 spiro atoms. The van der Waals surface area contributed by atoms with Gasteiger partial charge in [0.1, 0.15) is 5.75 Å². The fourth-order valence-corrected chi connectivity index (χ4v) is 4.24. The molecular formula is C30H42O2S. The smallest absolute Gasteiger partial charge is 0.185 e. The number of hydrogen-bond acceptors (Lipinski definition) is 3. The second-order valence-corrected chi connectivity index (χ2v) is 9.61. The SMILES string of the molecule is CCCCCCCCCCCCCCOc1ccc(C(=O)/C=C/c2ccc(SC)cc2)cc1. The summed E-state index contributed by atoms with van der Waals surface area (Å²) >= 11 is 1.71. The maximum atomic E-state index is 12.4. The molecule has 33 heavy (non-hydrogen) atoms. The van der Waals surface area contributed by atoms with E-state index in [9.17, 15) is 4.79 Å². The number of allylic oxidation sites excluding steroid dienone is 1. The molecule has 0 bridgehead atoms. The lowest BCUT2D eigenvalue weighted by Gasteiger charge is -2.07. The Hall–Kier alpha value is -2.00. The van der Waals surface area contributed by atoms with Crippen molar-refractivity contribution >= 4 is 23.6 Å². The van der Waals surface area contributed by atoms with Gasteiger partial charge < -0.3 is 4.74 Å². The van der Waals surface area contributed by atoms with Crippen LogP contribution in [0.15, 0.2) is 59.5 Å². The molecule has 0 aliphatic heterocycles. The molecule has 0 unspecified atom stereocenters. The summed E-state index contributed by atoms with van der Waals surface area (Å²) in [5.41, 5.74) is 1.72. The Bertz CT molecular complexity index is 793. The molecule has 0 N–H and O–H groups in total. The van der Waals surface area contributed by atoms with Crippen LogP contribution in [0.25, 0.3) is 6.08 Å². The highest BCUT2D eigenvalue weighted by atomic mass is 32.2. The largest absolute Gasteiger partial charge is 0.494 e. The van der Waals surface area contributed by atoms with E-state index in [0.29, 0.717) is 5.56 Å². The van der Waals surface area contributed by atoms with Crippen LogP contribution < -0.4 is 4.74 Å². The Morgan fingerprint density at radius 3 is 1.85 bits per heavy atom. The summed E-state index contributed by atoms with van der Waals surface area (Å²) in [6.07, 6.45) is 21.7. The van der Waals surface area contributed by atoms with Gasteiger partial charge in [-0.25, -0.2) is 0 Å². The van der Waals surface area contributed by atoms with Gasteiger partial charge in [0.2, 0.25) is 0 Å². The maximum absolute atomic E-state index is 12.4. The van der Waals surface area contributed by atoms with Crippen molar-refractivity contribution in [2.24, 2.45) is 0 Å². The predicted octanol–water partition coefficient (Wildman–Crippen LogP) is 9.38. The summed E-state index contributed by atoms with van der Waals surface area (Å²) in [6, 6.07) is 15.7. The summed E-state index contributed by atoms with van der Waals surface area (Å²) in [4.78, 5) is 13.6. The number of unbranched alkanes of at least 4 members (excludes halogenated alkanes) is 11. The molecule has 3 heteroatoms. The van der Waals surface area contributed by atoms with E-state index in [2.05, 4.69) is 25.3 Å². The zero-order chi connectivity index (χ0) is 23.6. The number of ketones is 1. The molecule has 0 heterocycles. The van der Waals surface area contributed by atoms with Crippen molar-refractivity contribution in [1.29, 1.82) is 0 Å². The summed E-state index contributed by atoms with van der Waals surface area (Å²) in [5.74, 6) is 0.850. The normalized spacial score (nSPS) is 11.2. The Morgan fingerprint density at radius 1 is 0.758 bits per heavy atom. The highest BCUT2D eigenvalue weighted by Gasteiger charge is 2.03. The topological polar surface area (TPSA) is 26.3 Å². The number of carbonyl (C=O) groups excluding carboxylic acids is 1. The summed E-state index contributed by atoms with van der Waals surface area (Å²) < 4.78 is 5.85. The lowest BCUT2D eigenvalue weighted by molar-refractivity contribution is 0.104. The first-order valence-corrected chi connectivity index (χ1v) is 14.0. The van der Waals surface area contributed by atoms with E-state index in [1.54, 1.807) is 17.8 Å². The van der Waals surface area contributed by atoms with Crippen LogP contribution in [-0.4, -0.2) is 18.6 Å². The quantitative estimate of drug-likeness (QED) is 0.0947. The summed E-state index contributed by atoms with van der Waals surface area (Å²) in [6.45, 7) is 3.02. The molecular weight excluding hydrogens is 424 g/mol. The van der Waals surface area contributed by atoms with Gasteiger partial charge in [0.25, 0.3) is 0 Å². The van der Waals surface area contributed by atoms with E-state index >= 15 is 0 Å². The number of thioether (sulfide) groups is 1. The van der Waals surface area contributed by atoms with Gasteiger partial charge in [0, 0.05) is 10.5 Å². The van der Waals surface area contributed by atoms with Crippen LogP contribution in [-0.2, 0) is 0 Å². The molecule has 0 radical (unpaired) electrons. The Labute approximate surface area is 206 Å². The van der Waals surface area contributed by atoms with Crippen molar-refractivity contribution in [2.75, 3.05) is 12.9 Å². The Balaban J connectivity index is 1.54. The molecule has 2 aromatic carbocycles. The van der Waals surface area contributed by atoms with Gasteiger partial charge in [-0.2, -0.15) is 0 Å². The molecule has 0 amide bonds. The molecule has 0 fully saturated rings. The number of hydrogen-bond donors (Lipinski definition) is 0. The summed E-state index contributed by atoms with van der Waals surface area (Å²) in [5, 5.41) is 0.